The van der Waals surface area contributed by atoms with Crippen LogP contribution in [0.1, 0.15) is 11.1 Å². The number of benzene rings is 2. The molecule has 1 amide bonds. The van der Waals surface area contributed by atoms with Gasteiger partial charge in [0.05, 0.1) is 17.7 Å². The highest BCUT2D eigenvalue weighted by Gasteiger charge is 2.25. The second kappa shape index (κ2) is 7.17. The number of methoxy groups -OCH3 is 1. The summed E-state index contributed by atoms with van der Waals surface area (Å²) in [6, 6.07) is 9.09. The minimum Gasteiger partial charge on any atom is -0.493 e. The molecule has 0 unspecified atom stereocenters. The van der Waals surface area contributed by atoms with E-state index < -0.39 is 0 Å². The quantitative estimate of drug-likeness (QED) is 0.776. The van der Waals surface area contributed by atoms with Crippen molar-refractivity contribution in [2.24, 2.45) is 4.99 Å². The van der Waals surface area contributed by atoms with E-state index >= 15 is 0 Å². The van der Waals surface area contributed by atoms with Crippen LogP contribution in [0, 0.1) is 6.92 Å². The normalized spacial score (nSPS) is 18.3. The monoisotopic (exact) mass is 402 g/mol. The minimum absolute atomic E-state index is 0.150. The van der Waals surface area contributed by atoms with E-state index in [9.17, 15) is 4.79 Å². The maximum atomic E-state index is 12.3. The van der Waals surface area contributed by atoms with Crippen LogP contribution in [0.5, 0.6) is 17.2 Å². The van der Waals surface area contributed by atoms with Gasteiger partial charge in [0.15, 0.2) is 16.7 Å². The van der Waals surface area contributed by atoms with Crippen molar-refractivity contribution in [2.45, 2.75) is 6.92 Å². The zero-order chi connectivity index (χ0) is 19.0. The van der Waals surface area contributed by atoms with Gasteiger partial charge in [0.25, 0.3) is 5.91 Å². The Morgan fingerprint density at radius 1 is 1.33 bits per heavy atom. The Hall–Kier alpha value is -2.64. The topological polar surface area (TPSA) is 69.2 Å². The first kappa shape index (κ1) is 17.8. The molecular weight excluding hydrogens is 388 g/mol. The number of thioether (sulfide) groups is 1. The van der Waals surface area contributed by atoms with E-state index in [-0.39, 0.29) is 12.7 Å². The lowest BCUT2D eigenvalue weighted by molar-refractivity contribution is -0.115. The number of fused-ring (bicyclic) bond motifs is 1. The molecule has 6 nitrogen and oxygen atoms in total. The molecule has 0 bridgehead atoms. The smallest absolute Gasteiger partial charge is 0.264 e. The van der Waals surface area contributed by atoms with E-state index in [1.807, 2.05) is 25.1 Å². The number of nitrogens with one attached hydrogen (secondary N) is 1. The molecule has 0 saturated carbocycles. The van der Waals surface area contributed by atoms with Crippen LogP contribution >= 0.6 is 23.4 Å². The van der Waals surface area contributed by atoms with Crippen LogP contribution in [-0.4, -0.2) is 25.0 Å². The number of hydrogen-bond donors (Lipinski definition) is 1. The summed E-state index contributed by atoms with van der Waals surface area (Å²) in [7, 11) is 1.56. The van der Waals surface area contributed by atoms with Crippen LogP contribution in [0.4, 0.5) is 5.69 Å². The van der Waals surface area contributed by atoms with Gasteiger partial charge in [0.1, 0.15) is 0 Å². The molecule has 2 aromatic rings. The van der Waals surface area contributed by atoms with Gasteiger partial charge in [0.2, 0.25) is 12.5 Å². The molecule has 27 heavy (non-hydrogen) atoms. The third-order valence-corrected chi connectivity index (χ3v) is 5.41. The number of aliphatic imine (C=N–C) groups is 1. The summed E-state index contributed by atoms with van der Waals surface area (Å²) in [4.78, 5) is 17.4. The van der Waals surface area contributed by atoms with Crippen LogP contribution in [0.15, 0.2) is 40.2 Å². The van der Waals surface area contributed by atoms with Crippen molar-refractivity contribution in [3.8, 4) is 17.2 Å². The van der Waals surface area contributed by atoms with Gasteiger partial charge in [-0.25, -0.2) is 4.99 Å². The van der Waals surface area contributed by atoms with Crippen molar-refractivity contribution in [3.05, 3.63) is 51.4 Å². The van der Waals surface area contributed by atoms with Crippen molar-refractivity contribution in [3.63, 3.8) is 0 Å². The van der Waals surface area contributed by atoms with Gasteiger partial charge < -0.3 is 19.5 Å². The van der Waals surface area contributed by atoms with E-state index in [2.05, 4.69) is 10.3 Å². The maximum Gasteiger partial charge on any atom is 0.264 e. The summed E-state index contributed by atoms with van der Waals surface area (Å²) in [6.45, 7) is 2.04. The highest BCUT2D eigenvalue weighted by atomic mass is 35.5. The fourth-order valence-electron chi connectivity index (χ4n) is 2.69. The van der Waals surface area contributed by atoms with Gasteiger partial charge >= 0.3 is 0 Å². The van der Waals surface area contributed by atoms with Crippen molar-refractivity contribution < 1.29 is 19.0 Å². The Balaban J connectivity index is 1.63. The second-order valence-corrected chi connectivity index (χ2v) is 7.26. The number of nitrogens with zero attached hydrogens (tertiary/aromatic N) is 1. The summed E-state index contributed by atoms with van der Waals surface area (Å²) >= 11 is 7.39. The highest BCUT2D eigenvalue weighted by Crippen LogP contribution is 2.42. The lowest BCUT2D eigenvalue weighted by Gasteiger charge is -2.06. The van der Waals surface area contributed by atoms with E-state index in [0.717, 1.165) is 16.8 Å². The van der Waals surface area contributed by atoms with Gasteiger partial charge in [-0.05, 0) is 60.2 Å². The first-order valence-corrected chi connectivity index (χ1v) is 9.27. The first-order valence-electron chi connectivity index (χ1n) is 8.07. The molecule has 0 radical (unpaired) electrons. The second-order valence-electron chi connectivity index (χ2n) is 5.82. The summed E-state index contributed by atoms with van der Waals surface area (Å²) in [5.74, 6) is 1.51. The molecule has 2 aliphatic rings. The van der Waals surface area contributed by atoms with E-state index in [1.54, 1.807) is 25.3 Å². The average Bonchev–Trinajstić information content (AvgIpc) is 3.25. The molecular formula is C19H15ClN2O4S. The number of ether oxygens (including phenoxy) is 3. The molecule has 8 heteroatoms. The first-order chi connectivity index (χ1) is 13.0. The largest absolute Gasteiger partial charge is 0.493 e. The van der Waals surface area contributed by atoms with Crippen LogP contribution in [0.3, 0.4) is 0 Å². The molecule has 1 N–H and O–H groups in total. The predicted octanol–water partition coefficient (Wildman–Crippen LogP) is 4.28. The summed E-state index contributed by atoms with van der Waals surface area (Å²) in [5.41, 5.74) is 2.35. The van der Waals surface area contributed by atoms with Gasteiger partial charge in [0, 0.05) is 5.02 Å². The molecule has 1 fully saturated rings. The summed E-state index contributed by atoms with van der Waals surface area (Å²) in [6.07, 6.45) is 1.76. The predicted molar refractivity (Wildman–Crippen MR) is 106 cm³/mol. The summed E-state index contributed by atoms with van der Waals surface area (Å²) in [5, 5.41) is 3.91. The standard InChI is InChI=1S/C19H15ClN2O4S/c1-10-12(20)4-3-5-13(10)21-19-22-18(23)16(27-19)8-11-6-14(24-2)17-15(7-11)25-9-26-17/h3-8H,9H2,1-2H3,(H,21,22,23)/b16-8+. The number of carbonyl (C=O) groups excluding carboxylic acids is 1. The number of carbonyl (C=O) groups is 1. The average molecular weight is 403 g/mol. The molecule has 1 saturated heterocycles. The Bertz CT molecular complexity index is 1000. The van der Waals surface area contributed by atoms with Gasteiger partial charge in [-0.1, -0.05) is 17.7 Å². The van der Waals surface area contributed by atoms with Gasteiger partial charge in [-0.3, -0.25) is 4.79 Å². The third-order valence-electron chi connectivity index (χ3n) is 4.09. The lowest BCUT2D eigenvalue weighted by Crippen LogP contribution is -2.19. The molecule has 138 valence electrons. The van der Waals surface area contributed by atoms with Crippen molar-refractivity contribution in [1.29, 1.82) is 0 Å². The number of amidine groups is 1. The van der Waals surface area contributed by atoms with Crippen LogP contribution in [0.2, 0.25) is 5.02 Å². The van der Waals surface area contributed by atoms with E-state index in [1.165, 1.54) is 11.8 Å². The van der Waals surface area contributed by atoms with Gasteiger partial charge in [-0.15, -0.1) is 0 Å². The Morgan fingerprint density at radius 3 is 3.00 bits per heavy atom. The Morgan fingerprint density at radius 2 is 2.19 bits per heavy atom. The highest BCUT2D eigenvalue weighted by molar-refractivity contribution is 8.18. The van der Waals surface area contributed by atoms with E-state index in [0.29, 0.717) is 32.3 Å². The number of amides is 1. The molecule has 0 aromatic heterocycles. The minimum atomic E-state index is -0.213. The fraction of sp³-hybridized carbons (Fsp3) is 0.158. The lowest BCUT2D eigenvalue weighted by atomic mass is 10.1. The molecule has 4 rings (SSSR count). The SMILES string of the molecule is COc1cc(/C=C2/SC(=Nc3cccc(Cl)c3C)NC2=O)cc2c1OCO2. The number of hydrogen-bond acceptors (Lipinski definition) is 6. The molecule has 2 aliphatic heterocycles. The zero-order valence-corrected chi connectivity index (χ0v) is 16.1. The molecule has 2 aromatic carbocycles. The Kier molecular flexibility index (Phi) is 4.72. The van der Waals surface area contributed by atoms with Crippen LogP contribution in [0.25, 0.3) is 6.08 Å². The summed E-state index contributed by atoms with van der Waals surface area (Å²) < 4.78 is 16.1. The maximum absolute atomic E-state index is 12.3. The van der Waals surface area contributed by atoms with Crippen molar-refractivity contribution in [2.75, 3.05) is 13.9 Å². The fourth-order valence-corrected chi connectivity index (χ4v) is 3.70. The molecule has 0 aliphatic carbocycles. The number of rotatable bonds is 3. The third kappa shape index (κ3) is 3.48. The number of halogens is 1. The van der Waals surface area contributed by atoms with Crippen molar-refractivity contribution >= 4 is 46.2 Å². The van der Waals surface area contributed by atoms with Crippen LogP contribution < -0.4 is 19.5 Å². The van der Waals surface area contributed by atoms with E-state index in [4.69, 9.17) is 25.8 Å². The Labute approximate surface area is 165 Å². The van der Waals surface area contributed by atoms with Gasteiger partial charge in [-0.2, -0.15) is 0 Å². The molecule has 0 spiro atoms. The van der Waals surface area contributed by atoms with Crippen molar-refractivity contribution in [1.82, 2.24) is 5.32 Å². The zero-order valence-electron chi connectivity index (χ0n) is 14.5. The van der Waals surface area contributed by atoms with Crippen LogP contribution in [-0.2, 0) is 4.79 Å². The molecule has 2 heterocycles. The molecule has 0 atom stereocenters.